The fraction of sp³-hybridized carbons (Fsp3) is 0.393. The third kappa shape index (κ3) is 9.05. The molecule has 0 bridgehead atoms. The molecule has 2 heterocycles. The SMILES string of the molecule is C[C@H](N)c1oc(-c2ccc(OC(F)F)c(OCCCCNC3CCOC3=O)c2)nc1C(=O)NCc1ccc(F)cc1F.Cl. The summed E-state index contributed by atoms with van der Waals surface area (Å²) in [6.45, 7) is -0.687. The van der Waals surface area contributed by atoms with Gasteiger partial charge in [0.2, 0.25) is 5.89 Å². The molecule has 1 amide bonds. The standard InChI is InChI=1S/C28H30F4N4O6.ClH/c1-15(33)24-23(25(37)35-14-17-4-6-18(29)13-19(17)30)36-26(42-24)16-5-7-21(41-28(31)32)22(12-16)39-10-3-2-9-34-20-8-11-40-27(20)38;/h4-7,12-13,15,20,28,34H,2-3,8-11,14,33H2,1H3,(H,35,37);1H/t15-,20?;/m0./s1. The number of aromatic nitrogens is 1. The van der Waals surface area contributed by atoms with Crippen molar-refractivity contribution >= 4 is 24.3 Å². The van der Waals surface area contributed by atoms with Crippen LogP contribution >= 0.6 is 12.4 Å². The molecular formula is C28H31ClF4N4O6. The molecule has 0 radical (unpaired) electrons. The molecule has 10 nitrogen and oxygen atoms in total. The summed E-state index contributed by atoms with van der Waals surface area (Å²) >= 11 is 0. The largest absolute Gasteiger partial charge is 0.490 e. The Morgan fingerprint density at radius 1 is 1.16 bits per heavy atom. The first kappa shape index (κ1) is 33.6. The van der Waals surface area contributed by atoms with Crippen molar-refractivity contribution in [2.75, 3.05) is 19.8 Å². The number of benzene rings is 2. The van der Waals surface area contributed by atoms with Crippen molar-refractivity contribution in [2.45, 2.75) is 51.4 Å². The third-order valence-electron chi connectivity index (χ3n) is 6.30. The van der Waals surface area contributed by atoms with E-state index in [0.29, 0.717) is 44.0 Å². The van der Waals surface area contributed by atoms with Crippen LogP contribution in [-0.4, -0.2) is 49.3 Å². The molecule has 1 saturated heterocycles. The number of hydrogen-bond donors (Lipinski definition) is 3. The predicted octanol–water partition coefficient (Wildman–Crippen LogP) is 4.66. The van der Waals surface area contributed by atoms with Crippen molar-refractivity contribution in [3.05, 3.63) is 65.1 Å². The number of nitrogens with zero attached hydrogens (tertiary/aromatic N) is 1. The molecule has 2 aromatic carbocycles. The van der Waals surface area contributed by atoms with Crippen LogP contribution in [0.4, 0.5) is 17.6 Å². The molecule has 0 aliphatic carbocycles. The Kier molecular flexibility index (Phi) is 12.2. The Balaban J connectivity index is 0.00000506. The van der Waals surface area contributed by atoms with Gasteiger partial charge in [-0.1, -0.05) is 6.07 Å². The Morgan fingerprint density at radius 3 is 2.63 bits per heavy atom. The van der Waals surface area contributed by atoms with Crippen LogP contribution in [0.2, 0.25) is 0 Å². The zero-order chi connectivity index (χ0) is 30.2. The van der Waals surface area contributed by atoms with Crippen LogP contribution in [0.25, 0.3) is 11.5 Å². The maximum Gasteiger partial charge on any atom is 0.387 e. The Labute approximate surface area is 250 Å². The molecule has 0 spiro atoms. The van der Waals surface area contributed by atoms with Gasteiger partial charge in [0.25, 0.3) is 5.91 Å². The van der Waals surface area contributed by atoms with E-state index < -0.39 is 30.2 Å². The number of oxazole rings is 1. The molecule has 3 aromatic rings. The van der Waals surface area contributed by atoms with Gasteiger partial charge >= 0.3 is 12.6 Å². The lowest BCUT2D eigenvalue weighted by atomic mass is 10.2. The van der Waals surface area contributed by atoms with Crippen LogP contribution in [-0.2, 0) is 16.1 Å². The van der Waals surface area contributed by atoms with Crippen molar-refractivity contribution in [3.63, 3.8) is 0 Å². The molecule has 15 heteroatoms. The van der Waals surface area contributed by atoms with Crippen LogP contribution in [0.3, 0.4) is 0 Å². The van der Waals surface area contributed by atoms with Gasteiger partial charge in [-0.2, -0.15) is 8.78 Å². The van der Waals surface area contributed by atoms with Crippen molar-refractivity contribution in [1.82, 2.24) is 15.6 Å². The lowest BCUT2D eigenvalue weighted by Gasteiger charge is -2.13. The molecule has 1 fully saturated rings. The number of carbonyl (C=O) groups is 2. The maximum absolute atomic E-state index is 14.0. The zero-order valence-electron chi connectivity index (χ0n) is 23.0. The Bertz CT molecular complexity index is 1410. The summed E-state index contributed by atoms with van der Waals surface area (Å²) in [5.41, 5.74) is 6.17. The number of rotatable bonds is 14. The molecule has 1 aliphatic rings. The quantitative estimate of drug-likeness (QED) is 0.132. The number of cyclic esters (lactones) is 1. The molecular weight excluding hydrogens is 600 g/mol. The molecule has 1 aliphatic heterocycles. The summed E-state index contributed by atoms with van der Waals surface area (Å²) in [7, 11) is 0. The first-order valence-electron chi connectivity index (χ1n) is 13.2. The van der Waals surface area contributed by atoms with Crippen LogP contribution in [0, 0.1) is 11.6 Å². The number of alkyl halides is 2. The van der Waals surface area contributed by atoms with Gasteiger partial charge in [-0.25, -0.2) is 13.8 Å². The van der Waals surface area contributed by atoms with E-state index in [-0.39, 0.29) is 72.0 Å². The van der Waals surface area contributed by atoms with Gasteiger partial charge < -0.3 is 35.0 Å². The van der Waals surface area contributed by atoms with E-state index in [9.17, 15) is 27.2 Å². The van der Waals surface area contributed by atoms with E-state index >= 15 is 0 Å². The number of unbranched alkanes of at least 4 members (excludes halogenated alkanes) is 1. The summed E-state index contributed by atoms with van der Waals surface area (Å²) in [5, 5.41) is 5.60. The first-order chi connectivity index (χ1) is 20.1. The number of nitrogens with two attached hydrogens (primary N) is 1. The average molecular weight is 631 g/mol. The molecule has 1 aromatic heterocycles. The predicted molar refractivity (Wildman–Crippen MR) is 148 cm³/mol. The molecule has 0 saturated carbocycles. The summed E-state index contributed by atoms with van der Waals surface area (Å²) in [5.74, 6) is -2.78. The lowest BCUT2D eigenvalue weighted by molar-refractivity contribution is -0.139. The number of amides is 1. The van der Waals surface area contributed by atoms with Crippen LogP contribution in [0.5, 0.6) is 11.5 Å². The van der Waals surface area contributed by atoms with Crippen molar-refractivity contribution in [3.8, 4) is 23.0 Å². The second kappa shape index (κ2) is 15.5. The minimum Gasteiger partial charge on any atom is -0.490 e. The van der Waals surface area contributed by atoms with Crippen LogP contribution in [0.15, 0.2) is 40.8 Å². The lowest BCUT2D eigenvalue weighted by Crippen LogP contribution is -2.33. The monoisotopic (exact) mass is 630 g/mol. The Morgan fingerprint density at radius 2 is 1.95 bits per heavy atom. The van der Waals surface area contributed by atoms with Gasteiger partial charge in [0.15, 0.2) is 23.0 Å². The van der Waals surface area contributed by atoms with Gasteiger partial charge in [-0.3, -0.25) is 9.59 Å². The molecule has 4 N–H and O–H groups in total. The fourth-order valence-electron chi connectivity index (χ4n) is 4.16. The highest BCUT2D eigenvalue weighted by molar-refractivity contribution is 5.94. The number of hydrogen-bond acceptors (Lipinski definition) is 9. The van der Waals surface area contributed by atoms with Gasteiger partial charge in [-0.15, -0.1) is 12.4 Å². The molecule has 234 valence electrons. The second-order valence-electron chi connectivity index (χ2n) is 9.50. The van der Waals surface area contributed by atoms with E-state index in [4.69, 9.17) is 19.6 Å². The molecule has 1 unspecified atom stereocenters. The number of ether oxygens (including phenoxy) is 3. The van der Waals surface area contributed by atoms with Crippen LogP contribution in [0.1, 0.15) is 54.0 Å². The van der Waals surface area contributed by atoms with E-state index in [2.05, 4.69) is 20.4 Å². The van der Waals surface area contributed by atoms with Crippen molar-refractivity contribution in [2.24, 2.45) is 5.73 Å². The van der Waals surface area contributed by atoms with E-state index in [1.165, 1.54) is 24.3 Å². The molecule has 4 rings (SSSR count). The van der Waals surface area contributed by atoms with Crippen molar-refractivity contribution < 1.29 is 45.8 Å². The van der Waals surface area contributed by atoms with E-state index in [1.54, 1.807) is 6.92 Å². The number of carbonyl (C=O) groups excluding carboxylic acids is 2. The Hall–Kier alpha value is -3.88. The number of nitrogens with one attached hydrogen (secondary N) is 2. The fourth-order valence-corrected chi connectivity index (χ4v) is 4.16. The molecule has 2 atom stereocenters. The third-order valence-corrected chi connectivity index (χ3v) is 6.30. The van der Waals surface area contributed by atoms with E-state index in [1.807, 2.05) is 0 Å². The summed E-state index contributed by atoms with van der Waals surface area (Å²) in [6, 6.07) is 5.94. The summed E-state index contributed by atoms with van der Waals surface area (Å²) in [6.07, 6.45) is 1.80. The zero-order valence-corrected chi connectivity index (χ0v) is 23.9. The minimum atomic E-state index is -3.10. The first-order valence-corrected chi connectivity index (χ1v) is 13.2. The van der Waals surface area contributed by atoms with E-state index in [0.717, 1.165) is 6.07 Å². The number of esters is 1. The van der Waals surface area contributed by atoms with Gasteiger partial charge in [0.1, 0.15) is 17.7 Å². The summed E-state index contributed by atoms with van der Waals surface area (Å²) in [4.78, 5) is 28.7. The molecule has 43 heavy (non-hydrogen) atoms. The van der Waals surface area contributed by atoms with Crippen molar-refractivity contribution in [1.29, 1.82) is 0 Å². The minimum absolute atomic E-state index is 0. The smallest absolute Gasteiger partial charge is 0.387 e. The maximum atomic E-state index is 14.0. The van der Waals surface area contributed by atoms with Gasteiger partial charge in [-0.05, 0) is 50.6 Å². The van der Waals surface area contributed by atoms with Gasteiger partial charge in [0.05, 0.1) is 19.3 Å². The average Bonchev–Trinajstić information content (AvgIpc) is 3.57. The van der Waals surface area contributed by atoms with Crippen LogP contribution < -0.4 is 25.8 Å². The number of halogens is 5. The highest BCUT2D eigenvalue weighted by Crippen LogP contribution is 2.35. The normalized spacial score (nSPS) is 15.1. The highest BCUT2D eigenvalue weighted by atomic mass is 35.5. The summed E-state index contributed by atoms with van der Waals surface area (Å²) < 4.78 is 74.1. The topological polar surface area (TPSA) is 138 Å². The second-order valence-corrected chi connectivity index (χ2v) is 9.50. The highest BCUT2D eigenvalue weighted by Gasteiger charge is 2.26. The van der Waals surface area contributed by atoms with Gasteiger partial charge in [0, 0.05) is 30.2 Å².